The lowest BCUT2D eigenvalue weighted by atomic mass is 10.1. The van der Waals surface area contributed by atoms with E-state index in [0.29, 0.717) is 11.8 Å². The number of nitrogens with zero attached hydrogens (tertiary/aromatic N) is 1. The van der Waals surface area contributed by atoms with Crippen LogP contribution >= 0.6 is 15.9 Å². The first-order valence-electron chi connectivity index (χ1n) is 7.86. The van der Waals surface area contributed by atoms with Crippen molar-refractivity contribution in [3.05, 3.63) is 33.8 Å². The highest BCUT2D eigenvalue weighted by Gasteiger charge is 2.18. The van der Waals surface area contributed by atoms with E-state index in [2.05, 4.69) is 43.6 Å². The molecule has 1 aromatic rings. The Hall–Kier alpha value is -0.830. The van der Waals surface area contributed by atoms with Gasteiger partial charge in [-0.1, -0.05) is 33.8 Å². The summed E-state index contributed by atoms with van der Waals surface area (Å²) in [6.45, 7) is 12.5. The molecule has 0 aliphatic rings. The van der Waals surface area contributed by atoms with Gasteiger partial charge in [0.2, 0.25) is 0 Å². The second kappa shape index (κ2) is 8.57. The Kier molecular flexibility index (Phi) is 7.44. The fourth-order valence-corrected chi connectivity index (χ4v) is 2.77. The second-order valence-corrected chi connectivity index (χ2v) is 7.49. The van der Waals surface area contributed by atoms with E-state index in [0.717, 1.165) is 41.5 Å². The van der Waals surface area contributed by atoms with E-state index < -0.39 is 0 Å². The maximum atomic E-state index is 12.8. The highest BCUT2D eigenvalue weighted by molar-refractivity contribution is 9.10. The third kappa shape index (κ3) is 6.21. The molecule has 1 rings (SSSR count). The van der Waals surface area contributed by atoms with E-state index in [-0.39, 0.29) is 5.91 Å². The molecule has 21 heavy (non-hydrogen) atoms. The van der Waals surface area contributed by atoms with Gasteiger partial charge in [0.05, 0.1) is 5.56 Å². The third-order valence-electron chi connectivity index (χ3n) is 3.59. The molecule has 0 bridgehead atoms. The average molecular weight is 354 g/mol. The minimum absolute atomic E-state index is 0.142. The van der Waals surface area contributed by atoms with Crippen LogP contribution in [0.15, 0.2) is 22.7 Å². The molecule has 0 spiro atoms. The number of rotatable bonds is 7. The molecule has 3 heteroatoms. The van der Waals surface area contributed by atoms with Crippen LogP contribution in [0.5, 0.6) is 0 Å². The molecule has 0 aromatic heterocycles. The number of hydrogen-bond donors (Lipinski definition) is 0. The zero-order valence-electron chi connectivity index (χ0n) is 13.9. The van der Waals surface area contributed by atoms with Gasteiger partial charge in [-0.25, -0.2) is 0 Å². The van der Waals surface area contributed by atoms with E-state index in [1.54, 1.807) is 0 Å². The van der Waals surface area contributed by atoms with Crippen molar-refractivity contribution in [3.63, 3.8) is 0 Å². The van der Waals surface area contributed by atoms with Crippen molar-refractivity contribution in [1.29, 1.82) is 0 Å². The first-order chi connectivity index (χ1) is 9.81. The number of benzene rings is 1. The predicted molar refractivity (Wildman–Crippen MR) is 93.7 cm³/mol. The number of halogens is 1. The van der Waals surface area contributed by atoms with Gasteiger partial charge in [-0.15, -0.1) is 0 Å². The molecule has 0 N–H and O–H groups in total. The van der Waals surface area contributed by atoms with Crippen LogP contribution in [0.1, 0.15) is 56.5 Å². The molecule has 0 radical (unpaired) electrons. The Bertz CT molecular complexity index is 456. The van der Waals surface area contributed by atoms with Gasteiger partial charge in [0.25, 0.3) is 5.91 Å². The monoisotopic (exact) mass is 353 g/mol. The zero-order chi connectivity index (χ0) is 16.0. The SMILES string of the molecule is Cc1ccc(C(=O)N(CCC(C)C)CCC(C)C)c(Br)c1. The summed E-state index contributed by atoms with van der Waals surface area (Å²) < 4.78 is 0.895. The van der Waals surface area contributed by atoms with E-state index >= 15 is 0 Å². The van der Waals surface area contributed by atoms with Gasteiger partial charge < -0.3 is 4.90 Å². The lowest BCUT2D eigenvalue weighted by Crippen LogP contribution is -2.34. The summed E-state index contributed by atoms with van der Waals surface area (Å²) in [4.78, 5) is 14.8. The van der Waals surface area contributed by atoms with E-state index in [1.807, 2.05) is 30.0 Å². The minimum Gasteiger partial charge on any atom is -0.339 e. The van der Waals surface area contributed by atoms with Crippen molar-refractivity contribution in [1.82, 2.24) is 4.90 Å². The summed E-state index contributed by atoms with van der Waals surface area (Å²) in [6.07, 6.45) is 2.10. The summed E-state index contributed by atoms with van der Waals surface area (Å²) in [7, 11) is 0. The summed E-state index contributed by atoms with van der Waals surface area (Å²) in [5, 5.41) is 0. The van der Waals surface area contributed by atoms with Crippen molar-refractivity contribution >= 4 is 21.8 Å². The van der Waals surface area contributed by atoms with Crippen molar-refractivity contribution < 1.29 is 4.79 Å². The lowest BCUT2D eigenvalue weighted by Gasteiger charge is -2.25. The Labute approximate surface area is 138 Å². The van der Waals surface area contributed by atoms with Gasteiger partial charge in [0.1, 0.15) is 0 Å². The van der Waals surface area contributed by atoms with Gasteiger partial charge in [0, 0.05) is 17.6 Å². The fraction of sp³-hybridized carbons (Fsp3) is 0.611. The predicted octanol–water partition coefficient (Wildman–Crippen LogP) is 5.29. The number of carbonyl (C=O) groups is 1. The van der Waals surface area contributed by atoms with E-state index in [9.17, 15) is 4.79 Å². The van der Waals surface area contributed by atoms with Crippen LogP contribution in [0, 0.1) is 18.8 Å². The number of hydrogen-bond acceptors (Lipinski definition) is 1. The van der Waals surface area contributed by atoms with E-state index in [1.165, 1.54) is 0 Å². The highest BCUT2D eigenvalue weighted by atomic mass is 79.9. The van der Waals surface area contributed by atoms with Crippen LogP contribution in [0.2, 0.25) is 0 Å². The van der Waals surface area contributed by atoms with Crippen LogP contribution in [0.3, 0.4) is 0 Å². The summed E-state index contributed by atoms with van der Waals surface area (Å²) in [5.74, 6) is 1.37. The molecular weight excluding hydrogens is 326 g/mol. The number of amides is 1. The maximum absolute atomic E-state index is 12.8. The van der Waals surface area contributed by atoms with Crippen LogP contribution in [0.4, 0.5) is 0 Å². The normalized spacial score (nSPS) is 11.2. The Morgan fingerprint density at radius 1 is 1.10 bits per heavy atom. The minimum atomic E-state index is 0.142. The first-order valence-corrected chi connectivity index (χ1v) is 8.66. The van der Waals surface area contributed by atoms with Crippen molar-refractivity contribution in [2.75, 3.05) is 13.1 Å². The molecule has 0 aliphatic carbocycles. The third-order valence-corrected chi connectivity index (χ3v) is 4.25. The van der Waals surface area contributed by atoms with Crippen LogP contribution < -0.4 is 0 Å². The molecule has 1 amide bonds. The van der Waals surface area contributed by atoms with Gasteiger partial charge in [-0.3, -0.25) is 4.79 Å². The molecule has 2 nitrogen and oxygen atoms in total. The quantitative estimate of drug-likeness (QED) is 0.651. The molecule has 0 unspecified atom stereocenters. The Balaban J connectivity index is 2.86. The lowest BCUT2D eigenvalue weighted by molar-refractivity contribution is 0.0740. The fourth-order valence-electron chi connectivity index (χ4n) is 2.11. The maximum Gasteiger partial charge on any atom is 0.254 e. The molecule has 0 aliphatic heterocycles. The Morgan fingerprint density at radius 2 is 1.62 bits per heavy atom. The second-order valence-electron chi connectivity index (χ2n) is 6.64. The van der Waals surface area contributed by atoms with Crippen LogP contribution in [-0.2, 0) is 0 Å². The average Bonchev–Trinajstić information content (AvgIpc) is 2.37. The molecule has 0 saturated heterocycles. The molecular formula is C18H28BrNO. The molecule has 0 heterocycles. The molecule has 0 saturated carbocycles. The van der Waals surface area contributed by atoms with Gasteiger partial charge in [-0.2, -0.15) is 0 Å². The largest absolute Gasteiger partial charge is 0.339 e. The van der Waals surface area contributed by atoms with Crippen LogP contribution in [-0.4, -0.2) is 23.9 Å². The summed E-state index contributed by atoms with van der Waals surface area (Å²) in [5.41, 5.74) is 1.93. The van der Waals surface area contributed by atoms with Gasteiger partial charge >= 0.3 is 0 Å². The van der Waals surface area contributed by atoms with Crippen LogP contribution in [0.25, 0.3) is 0 Å². The van der Waals surface area contributed by atoms with Crippen molar-refractivity contribution in [3.8, 4) is 0 Å². The van der Waals surface area contributed by atoms with Crippen molar-refractivity contribution in [2.45, 2.75) is 47.5 Å². The molecule has 0 atom stereocenters. The summed E-state index contributed by atoms with van der Waals surface area (Å²) in [6, 6.07) is 5.94. The molecule has 1 aromatic carbocycles. The number of aryl methyl sites for hydroxylation is 1. The zero-order valence-corrected chi connectivity index (χ0v) is 15.5. The first kappa shape index (κ1) is 18.2. The van der Waals surface area contributed by atoms with Gasteiger partial charge in [0.15, 0.2) is 0 Å². The van der Waals surface area contributed by atoms with E-state index in [4.69, 9.17) is 0 Å². The van der Waals surface area contributed by atoms with Crippen molar-refractivity contribution in [2.24, 2.45) is 11.8 Å². The number of carbonyl (C=O) groups excluding carboxylic acids is 1. The molecule has 0 fully saturated rings. The topological polar surface area (TPSA) is 20.3 Å². The summed E-state index contributed by atoms with van der Waals surface area (Å²) >= 11 is 3.53. The molecule has 118 valence electrons. The van der Waals surface area contributed by atoms with Gasteiger partial charge in [-0.05, 0) is 65.2 Å². The highest BCUT2D eigenvalue weighted by Crippen LogP contribution is 2.21. The standard InChI is InChI=1S/C18H28BrNO/c1-13(2)8-10-20(11-9-14(3)4)18(21)16-7-6-15(5)12-17(16)19/h6-7,12-14H,8-11H2,1-5H3. The smallest absolute Gasteiger partial charge is 0.254 e. The Morgan fingerprint density at radius 3 is 2.05 bits per heavy atom.